The predicted octanol–water partition coefficient (Wildman–Crippen LogP) is 2.05. The van der Waals surface area contributed by atoms with E-state index in [0.29, 0.717) is 22.0 Å². The molecule has 1 fully saturated rings. The molecule has 0 radical (unpaired) electrons. The second-order valence-corrected chi connectivity index (χ2v) is 7.72. The van der Waals surface area contributed by atoms with E-state index in [9.17, 15) is 14.4 Å². The van der Waals surface area contributed by atoms with Crippen molar-refractivity contribution in [3.05, 3.63) is 46.4 Å². The molecule has 1 N–H and O–H groups in total. The summed E-state index contributed by atoms with van der Waals surface area (Å²) in [6.45, 7) is 1.87. The van der Waals surface area contributed by atoms with Gasteiger partial charge in [-0.05, 0) is 37.0 Å². The molecule has 0 bridgehead atoms. The quantitative estimate of drug-likeness (QED) is 0.853. The zero-order valence-electron chi connectivity index (χ0n) is 15.0. The number of carbonyl (C=O) groups is 2. The smallest absolute Gasteiger partial charge is 0.292 e. The lowest BCUT2D eigenvalue weighted by Crippen LogP contribution is -2.43. The third-order valence-corrected chi connectivity index (χ3v) is 5.70. The summed E-state index contributed by atoms with van der Waals surface area (Å²) < 4.78 is 1.13. The third kappa shape index (κ3) is 3.62. The average molecular weight is 384 g/mol. The van der Waals surface area contributed by atoms with Crippen molar-refractivity contribution in [1.29, 1.82) is 0 Å². The summed E-state index contributed by atoms with van der Waals surface area (Å²) in [5.41, 5.74) is 1.83. The van der Waals surface area contributed by atoms with Crippen LogP contribution in [0.25, 0.3) is 0 Å². The van der Waals surface area contributed by atoms with E-state index in [1.807, 2.05) is 24.3 Å². The van der Waals surface area contributed by atoms with Crippen LogP contribution in [0.2, 0.25) is 0 Å². The molecule has 140 valence electrons. The molecule has 0 atom stereocenters. The van der Waals surface area contributed by atoms with Gasteiger partial charge in [-0.25, -0.2) is 4.68 Å². The largest absolute Gasteiger partial charge is 0.324 e. The number of aryl methyl sites for hydroxylation is 1. The Hall–Kier alpha value is -2.61. The Bertz CT molecular complexity index is 950. The maximum atomic E-state index is 12.9. The van der Waals surface area contributed by atoms with Gasteiger partial charge in [-0.15, -0.1) is 11.8 Å². The molecule has 27 heavy (non-hydrogen) atoms. The summed E-state index contributed by atoms with van der Waals surface area (Å²) in [7, 11) is 0. The second-order valence-electron chi connectivity index (χ2n) is 6.70. The number of amides is 2. The number of nitrogens with zero attached hydrogens (tertiary/aromatic N) is 3. The van der Waals surface area contributed by atoms with Gasteiger partial charge in [0.25, 0.3) is 5.56 Å². The van der Waals surface area contributed by atoms with Crippen molar-refractivity contribution in [3.63, 3.8) is 0 Å². The van der Waals surface area contributed by atoms with Gasteiger partial charge in [-0.3, -0.25) is 14.4 Å². The van der Waals surface area contributed by atoms with Gasteiger partial charge < -0.3 is 10.2 Å². The standard InChI is InChI=1S/C19H20N4O3S/c1-2-12-3-5-13(6-4-12)21-16(24)10-22-19(26)18-15(9-20-22)27-11-17(25)23(18)14-7-8-14/h3-6,9,14H,2,7-8,10-11H2,1H3,(H,21,24). The summed E-state index contributed by atoms with van der Waals surface area (Å²) in [4.78, 5) is 39.8. The van der Waals surface area contributed by atoms with Crippen molar-refractivity contribution in [2.24, 2.45) is 0 Å². The molecule has 8 heteroatoms. The van der Waals surface area contributed by atoms with E-state index in [1.54, 1.807) is 11.1 Å². The Morgan fingerprint density at radius 2 is 2.00 bits per heavy atom. The van der Waals surface area contributed by atoms with Gasteiger partial charge in [0.15, 0.2) is 0 Å². The summed E-state index contributed by atoms with van der Waals surface area (Å²) in [6.07, 6.45) is 4.32. The van der Waals surface area contributed by atoms with Crippen molar-refractivity contribution >= 4 is 35.0 Å². The fourth-order valence-electron chi connectivity index (χ4n) is 3.12. The number of fused-ring (bicyclic) bond motifs is 1. The first kappa shape index (κ1) is 17.8. The molecule has 2 heterocycles. The SMILES string of the molecule is CCc1ccc(NC(=O)Cn2ncc3c(c2=O)N(C2CC2)C(=O)CS3)cc1. The lowest BCUT2D eigenvalue weighted by molar-refractivity contribution is -0.117. The van der Waals surface area contributed by atoms with Crippen LogP contribution < -0.4 is 15.8 Å². The Kier molecular flexibility index (Phi) is 4.73. The van der Waals surface area contributed by atoms with E-state index >= 15 is 0 Å². The molecule has 1 aliphatic heterocycles. The minimum atomic E-state index is -0.392. The van der Waals surface area contributed by atoms with Crippen molar-refractivity contribution in [2.45, 2.75) is 43.7 Å². The van der Waals surface area contributed by atoms with Crippen molar-refractivity contribution < 1.29 is 9.59 Å². The maximum absolute atomic E-state index is 12.9. The van der Waals surface area contributed by atoms with Gasteiger partial charge in [-0.1, -0.05) is 19.1 Å². The van der Waals surface area contributed by atoms with Gasteiger partial charge in [0.2, 0.25) is 11.8 Å². The number of anilines is 2. The lowest BCUT2D eigenvalue weighted by Gasteiger charge is -2.28. The van der Waals surface area contributed by atoms with Crippen molar-refractivity contribution in [3.8, 4) is 0 Å². The lowest BCUT2D eigenvalue weighted by atomic mass is 10.1. The molecule has 2 aliphatic rings. The number of hydrogen-bond donors (Lipinski definition) is 1. The maximum Gasteiger partial charge on any atom is 0.292 e. The van der Waals surface area contributed by atoms with Crippen LogP contribution >= 0.6 is 11.8 Å². The molecule has 1 saturated carbocycles. The number of benzene rings is 1. The van der Waals surface area contributed by atoms with Crippen LogP contribution in [-0.4, -0.2) is 33.4 Å². The average Bonchev–Trinajstić information content (AvgIpc) is 3.50. The summed E-state index contributed by atoms with van der Waals surface area (Å²) in [5, 5.41) is 6.90. The van der Waals surface area contributed by atoms with Crippen LogP contribution in [-0.2, 0) is 22.6 Å². The molecule has 0 spiro atoms. The van der Waals surface area contributed by atoms with Crippen LogP contribution in [0, 0.1) is 0 Å². The van der Waals surface area contributed by atoms with E-state index in [4.69, 9.17) is 0 Å². The zero-order chi connectivity index (χ0) is 19.0. The molecule has 0 unspecified atom stereocenters. The number of hydrogen-bond acceptors (Lipinski definition) is 5. The molecule has 1 aromatic heterocycles. The normalized spacial score (nSPS) is 16.2. The number of carbonyl (C=O) groups excluding carboxylic acids is 2. The van der Waals surface area contributed by atoms with E-state index in [-0.39, 0.29) is 24.4 Å². The van der Waals surface area contributed by atoms with Crippen LogP contribution in [0.4, 0.5) is 11.4 Å². The highest BCUT2D eigenvalue weighted by Gasteiger charge is 2.39. The van der Waals surface area contributed by atoms with E-state index < -0.39 is 5.56 Å². The zero-order valence-corrected chi connectivity index (χ0v) is 15.8. The summed E-state index contributed by atoms with van der Waals surface area (Å²) in [6, 6.07) is 7.69. The fourth-order valence-corrected chi connectivity index (χ4v) is 3.98. The van der Waals surface area contributed by atoms with Gasteiger partial charge in [0.05, 0.1) is 16.8 Å². The van der Waals surface area contributed by atoms with Gasteiger partial charge in [-0.2, -0.15) is 5.10 Å². The van der Waals surface area contributed by atoms with Crippen molar-refractivity contribution in [1.82, 2.24) is 9.78 Å². The minimum absolute atomic E-state index is 0.0506. The first-order valence-electron chi connectivity index (χ1n) is 9.00. The van der Waals surface area contributed by atoms with E-state index in [0.717, 1.165) is 23.9 Å². The number of aromatic nitrogens is 2. The van der Waals surface area contributed by atoms with Crippen LogP contribution in [0.3, 0.4) is 0 Å². The molecule has 4 rings (SSSR count). The van der Waals surface area contributed by atoms with Gasteiger partial charge in [0.1, 0.15) is 12.2 Å². The number of thioether (sulfide) groups is 1. The van der Waals surface area contributed by atoms with Gasteiger partial charge in [0, 0.05) is 11.7 Å². The Morgan fingerprint density at radius 1 is 1.26 bits per heavy atom. The van der Waals surface area contributed by atoms with Crippen molar-refractivity contribution in [2.75, 3.05) is 16.0 Å². The van der Waals surface area contributed by atoms with E-state index in [1.165, 1.54) is 17.3 Å². The highest BCUT2D eigenvalue weighted by atomic mass is 32.2. The van der Waals surface area contributed by atoms with Crippen LogP contribution in [0.1, 0.15) is 25.3 Å². The molecular formula is C19H20N4O3S. The third-order valence-electron chi connectivity index (χ3n) is 4.70. The predicted molar refractivity (Wildman–Crippen MR) is 104 cm³/mol. The van der Waals surface area contributed by atoms with E-state index in [2.05, 4.69) is 17.3 Å². The number of rotatable bonds is 5. The Morgan fingerprint density at radius 3 is 2.67 bits per heavy atom. The monoisotopic (exact) mass is 384 g/mol. The highest BCUT2D eigenvalue weighted by molar-refractivity contribution is 8.00. The molecule has 2 amide bonds. The summed E-state index contributed by atoms with van der Waals surface area (Å²) >= 11 is 1.33. The molecule has 1 aromatic carbocycles. The number of nitrogens with one attached hydrogen (secondary N) is 1. The topological polar surface area (TPSA) is 84.3 Å². The molecule has 2 aromatic rings. The molecule has 1 aliphatic carbocycles. The fraction of sp³-hybridized carbons (Fsp3) is 0.368. The molecule has 7 nitrogen and oxygen atoms in total. The first-order chi connectivity index (χ1) is 13.1. The van der Waals surface area contributed by atoms with Gasteiger partial charge >= 0.3 is 0 Å². The minimum Gasteiger partial charge on any atom is -0.324 e. The second kappa shape index (κ2) is 7.19. The highest BCUT2D eigenvalue weighted by Crippen LogP contribution is 2.38. The Labute approximate surface area is 160 Å². The van der Waals surface area contributed by atoms with Crippen LogP contribution in [0.15, 0.2) is 40.2 Å². The molecular weight excluding hydrogens is 364 g/mol. The Balaban J connectivity index is 1.55. The molecule has 0 saturated heterocycles. The van der Waals surface area contributed by atoms with Crippen LogP contribution in [0.5, 0.6) is 0 Å². The first-order valence-corrected chi connectivity index (χ1v) is 9.99. The summed E-state index contributed by atoms with van der Waals surface area (Å²) in [5.74, 6) is -0.0602.